The number of rotatable bonds is 3. The number of carbonyl (C=O) groups is 1. The molecule has 1 aromatic heterocycles. The van der Waals surface area contributed by atoms with E-state index in [2.05, 4.69) is 37.2 Å². The molecular weight excluding hydrogens is 414 g/mol. The van der Waals surface area contributed by atoms with Gasteiger partial charge in [-0.2, -0.15) is 0 Å². The molecule has 3 aromatic rings. The summed E-state index contributed by atoms with van der Waals surface area (Å²) in [6.45, 7) is 0.549. The fourth-order valence-corrected chi connectivity index (χ4v) is 3.88. The van der Waals surface area contributed by atoms with Crippen LogP contribution < -0.4 is 5.32 Å². The molecule has 2 nitrogen and oxygen atoms in total. The molecule has 3 rings (SSSR count). The van der Waals surface area contributed by atoms with Crippen LogP contribution in [-0.4, -0.2) is 5.91 Å². The summed E-state index contributed by atoms with van der Waals surface area (Å²) in [6, 6.07) is 15.8. The number of benzene rings is 2. The predicted octanol–water partition coefficient (Wildman–Crippen LogP) is 5.36. The zero-order valence-electron chi connectivity index (χ0n) is 10.9. The number of halogens is 2. The second-order valence-corrected chi connectivity index (χ2v) is 8.06. The minimum absolute atomic E-state index is 0.0515. The van der Waals surface area contributed by atoms with Gasteiger partial charge in [0.15, 0.2) is 0 Å². The Morgan fingerprint density at radius 3 is 2.52 bits per heavy atom. The zero-order valence-corrected chi connectivity index (χ0v) is 14.9. The van der Waals surface area contributed by atoms with E-state index in [0.29, 0.717) is 12.1 Å². The lowest BCUT2D eigenvalue weighted by Crippen LogP contribution is -2.22. The quantitative estimate of drug-likeness (QED) is 0.602. The number of hydrogen-bond donors (Lipinski definition) is 1. The van der Waals surface area contributed by atoms with Crippen molar-refractivity contribution in [1.82, 2.24) is 5.32 Å². The molecule has 0 radical (unpaired) electrons. The first-order valence-electron chi connectivity index (χ1n) is 6.33. The van der Waals surface area contributed by atoms with Gasteiger partial charge in [-0.25, -0.2) is 0 Å². The Labute approximate surface area is 143 Å². The average Bonchev–Trinajstić information content (AvgIpc) is 2.90. The highest BCUT2D eigenvalue weighted by Crippen LogP contribution is 2.23. The summed E-state index contributed by atoms with van der Waals surface area (Å²) in [4.78, 5) is 13.3. The van der Waals surface area contributed by atoms with Gasteiger partial charge in [0.1, 0.15) is 0 Å². The Morgan fingerprint density at radius 2 is 1.76 bits per heavy atom. The maximum Gasteiger partial charge on any atom is 0.251 e. The van der Waals surface area contributed by atoms with E-state index in [4.69, 9.17) is 0 Å². The van der Waals surface area contributed by atoms with Gasteiger partial charge in [0.25, 0.3) is 5.91 Å². The molecular formula is C16H11Br2NOS. The monoisotopic (exact) mass is 423 g/mol. The second-order valence-electron chi connectivity index (χ2n) is 4.59. The van der Waals surface area contributed by atoms with Gasteiger partial charge in [-0.3, -0.25) is 4.79 Å². The van der Waals surface area contributed by atoms with Crippen LogP contribution in [0.2, 0.25) is 0 Å². The van der Waals surface area contributed by atoms with E-state index in [1.165, 1.54) is 0 Å². The summed E-state index contributed by atoms with van der Waals surface area (Å²) >= 11 is 8.50. The van der Waals surface area contributed by atoms with Crippen molar-refractivity contribution in [3.63, 3.8) is 0 Å². The summed E-state index contributed by atoms with van der Waals surface area (Å²) in [7, 11) is 0. The number of thiophene rings is 1. The van der Waals surface area contributed by atoms with E-state index in [9.17, 15) is 4.79 Å². The van der Waals surface area contributed by atoms with Crippen molar-refractivity contribution in [2.75, 3.05) is 0 Å². The number of carbonyl (C=O) groups excluding carboxylic acids is 1. The molecule has 0 saturated carbocycles. The molecule has 106 valence electrons. The summed E-state index contributed by atoms with van der Waals surface area (Å²) in [5.74, 6) is -0.0515. The Balaban J connectivity index is 1.76. The number of nitrogens with one attached hydrogen (secondary N) is 1. The molecule has 21 heavy (non-hydrogen) atoms. The van der Waals surface area contributed by atoms with E-state index in [1.54, 1.807) is 11.3 Å². The molecule has 0 unspecified atom stereocenters. The van der Waals surface area contributed by atoms with Crippen LogP contribution in [0.15, 0.2) is 56.8 Å². The summed E-state index contributed by atoms with van der Waals surface area (Å²) in [5.41, 5.74) is 0.681. The minimum Gasteiger partial charge on any atom is -0.347 e. The normalized spacial score (nSPS) is 10.8. The lowest BCUT2D eigenvalue weighted by Gasteiger charge is -2.05. The number of hydrogen-bond acceptors (Lipinski definition) is 2. The van der Waals surface area contributed by atoms with Gasteiger partial charge >= 0.3 is 0 Å². The van der Waals surface area contributed by atoms with E-state index < -0.39 is 0 Å². The molecule has 2 aromatic carbocycles. The van der Waals surface area contributed by atoms with Crippen molar-refractivity contribution in [2.24, 2.45) is 0 Å². The van der Waals surface area contributed by atoms with Crippen LogP contribution in [-0.2, 0) is 6.54 Å². The van der Waals surface area contributed by atoms with E-state index in [0.717, 1.165) is 23.9 Å². The molecule has 0 spiro atoms. The maximum atomic E-state index is 12.2. The fourth-order valence-electron chi connectivity index (χ4n) is 2.07. The lowest BCUT2D eigenvalue weighted by molar-refractivity contribution is 0.0951. The molecule has 5 heteroatoms. The van der Waals surface area contributed by atoms with Gasteiger partial charge in [0.05, 0.1) is 10.3 Å². The van der Waals surface area contributed by atoms with Crippen molar-refractivity contribution < 1.29 is 4.79 Å². The molecule has 1 amide bonds. The van der Waals surface area contributed by atoms with Crippen LogP contribution in [0.1, 0.15) is 15.2 Å². The van der Waals surface area contributed by atoms with E-state index in [1.807, 2.05) is 48.5 Å². The molecule has 0 aliphatic heterocycles. The minimum atomic E-state index is -0.0515. The first-order valence-corrected chi connectivity index (χ1v) is 8.74. The van der Waals surface area contributed by atoms with E-state index in [-0.39, 0.29) is 5.91 Å². The molecule has 0 bridgehead atoms. The highest BCUT2D eigenvalue weighted by Gasteiger charge is 2.07. The number of fused-ring (bicyclic) bond motifs is 1. The summed E-state index contributed by atoms with van der Waals surface area (Å²) < 4.78 is 2.11. The summed E-state index contributed by atoms with van der Waals surface area (Å²) in [5, 5.41) is 5.12. The third-order valence-corrected chi connectivity index (χ3v) is 5.23. The third kappa shape index (κ3) is 3.54. The van der Waals surface area contributed by atoms with Crippen LogP contribution in [0.3, 0.4) is 0 Å². The first-order chi connectivity index (χ1) is 10.1. The van der Waals surface area contributed by atoms with Crippen molar-refractivity contribution >= 4 is 59.9 Å². The topological polar surface area (TPSA) is 29.1 Å². The maximum absolute atomic E-state index is 12.2. The standard InChI is InChI=1S/C16H11Br2NOS/c17-13-4-3-10-7-12(2-1-11(10)8-13)16(20)19-9-14-5-6-15(18)21-14/h1-8H,9H2,(H,19,20). The largest absolute Gasteiger partial charge is 0.347 e. The highest BCUT2D eigenvalue weighted by molar-refractivity contribution is 9.11. The lowest BCUT2D eigenvalue weighted by atomic mass is 10.1. The Kier molecular flexibility index (Phi) is 4.42. The van der Waals surface area contributed by atoms with Gasteiger partial charge in [-0.15, -0.1) is 11.3 Å². The zero-order chi connectivity index (χ0) is 14.8. The second kappa shape index (κ2) is 6.30. The van der Waals surface area contributed by atoms with Crippen LogP contribution in [0.5, 0.6) is 0 Å². The van der Waals surface area contributed by atoms with Crippen molar-refractivity contribution in [3.05, 3.63) is 67.2 Å². The van der Waals surface area contributed by atoms with Gasteiger partial charge in [-0.05, 0) is 63.1 Å². The predicted molar refractivity (Wildman–Crippen MR) is 94.8 cm³/mol. The van der Waals surface area contributed by atoms with Crippen LogP contribution >= 0.6 is 43.2 Å². The molecule has 0 saturated heterocycles. The molecule has 0 fully saturated rings. The van der Waals surface area contributed by atoms with Crippen molar-refractivity contribution in [3.8, 4) is 0 Å². The molecule has 0 atom stereocenters. The Hall–Kier alpha value is -1.17. The Morgan fingerprint density at radius 1 is 1.00 bits per heavy atom. The van der Waals surface area contributed by atoms with Gasteiger partial charge in [0.2, 0.25) is 0 Å². The van der Waals surface area contributed by atoms with Crippen molar-refractivity contribution in [1.29, 1.82) is 0 Å². The fraction of sp³-hybridized carbons (Fsp3) is 0.0625. The van der Waals surface area contributed by atoms with Gasteiger partial charge in [0, 0.05) is 14.9 Å². The van der Waals surface area contributed by atoms with Gasteiger partial charge < -0.3 is 5.32 Å². The summed E-state index contributed by atoms with van der Waals surface area (Å²) in [6.07, 6.45) is 0. The molecule has 0 aliphatic carbocycles. The average molecular weight is 425 g/mol. The van der Waals surface area contributed by atoms with Crippen molar-refractivity contribution in [2.45, 2.75) is 6.54 Å². The third-order valence-electron chi connectivity index (χ3n) is 3.12. The first kappa shape index (κ1) is 14.8. The van der Waals surface area contributed by atoms with E-state index >= 15 is 0 Å². The smallest absolute Gasteiger partial charge is 0.251 e. The van der Waals surface area contributed by atoms with Crippen LogP contribution in [0.25, 0.3) is 10.8 Å². The van der Waals surface area contributed by atoms with Gasteiger partial charge in [-0.1, -0.05) is 28.1 Å². The SMILES string of the molecule is O=C(NCc1ccc(Br)s1)c1ccc2cc(Br)ccc2c1. The highest BCUT2D eigenvalue weighted by atomic mass is 79.9. The molecule has 1 heterocycles. The van der Waals surface area contributed by atoms with Crippen LogP contribution in [0, 0.1) is 0 Å². The van der Waals surface area contributed by atoms with Crippen LogP contribution in [0.4, 0.5) is 0 Å². The Bertz CT molecular complexity index is 813. The molecule has 1 N–H and O–H groups in total. The molecule has 0 aliphatic rings. The number of amides is 1.